The predicted octanol–water partition coefficient (Wildman–Crippen LogP) is 1.38. The number of amides is 1. The molecule has 2 aromatic rings. The summed E-state index contributed by atoms with van der Waals surface area (Å²) in [6.45, 7) is 6.51. The molecule has 10 heteroatoms. The van der Waals surface area contributed by atoms with Crippen molar-refractivity contribution in [2.45, 2.75) is 70.9 Å². The molecule has 9 nitrogen and oxygen atoms in total. The normalized spacial score (nSPS) is 26.8. The minimum atomic E-state index is -2.04. The maximum Gasteiger partial charge on any atom is 0.530 e. The molecule has 2 saturated heterocycles. The fourth-order valence-corrected chi connectivity index (χ4v) is 5.84. The highest BCUT2D eigenvalue weighted by Gasteiger charge is 2.64. The van der Waals surface area contributed by atoms with Crippen LogP contribution in [-0.2, 0) is 25.3 Å². The summed E-state index contributed by atoms with van der Waals surface area (Å²) in [4.78, 5) is 48.4. The van der Waals surface area contributed by atoms with Gasteiger partial charge in [-0.05, 0) is 44.0 Å². The van der Waals surface area contributed by atoms with E-state index in [0.29, 0.717) is 19.4 Å². The van der Waals surface area contributed by atoms with E-state index in [9.17, 15) is 14.4 Å². The van der Waals surface area contributed by atoms with Crippen molar-refractivity contribution in [2.75, 3.05) is 6.61 Å². The lowest BCUT2D eigenvalue weighted by atomic mass is 9.53. The van der Waals surface area contributed by atoms with E-state index in [0.717, 1.165) is 10.4 Å². The quantitative estimate of drug-likeness (QED) is 0.480. The summed E-state index contributed by atoms with van der Waals surface area (Å²) in [7, 11) is 0. The van der Waals surface area contributed by atoms with Gasteiger partial charge in [0.15, 0.2) is 5.78 Å². The zero-order valence-electron chi connectivity index (χ0n) is 21.3. The van der Waals surface area contributed by atoms with E-state index < -0.39 is 18.6 Å². The Labute approximate surface area is 212 Å². The van der Waals surface area contributed by atoms with Gasteiger partial charge in [-0.2, -0.15) is 0 Å². The molecule has 192 valence electrons. The smallest absolute Gasteiger partial charge is 0.530 e. The average Bonchev–Trinajstić information content (AvgIpc) is 3.33. The molecule has 0 spiro atoms. The van der Waals surface area contributed by atoms with Crippen LogP contribution in [0.1, 0.15) is 56.6 Å². The molecule has 6 atom stereocenters. The number of quaternary nitrogens is 1. The van der Waals surface area contributed by atoms with Crippen molar-refractivity contribution in [3.05, 3.63) is 60.2 Å². The lowest BCUT2D eigenvalue weighted by Gasteiger charge is -2.40. The molecular weight excluding hydrogens is 459 g/mol. The standard InChI is InChI=1S/C26H35BN4O5/c1-17(2)12-21(27-31(18(3)16-35-27)19(4)26(34)36-27)14-24(32)22(13-20-8-6-5-7-9-20)30-25(33)23-15-28-10-11-29-23/h5-11,15,17-19,21-22,31H,12-14,16H2,1-4H3,(H,30,33)/t18-,19+,21-,22+,27?/m1/s1. The van der Waals surface area contributed by atoms with Crippen molar-refractivity contribution >= 4 is 24.3 Å². The van der Waals surface area contributed by atoms with E-state index in [1.807, 2.05) is 44.2 Å². The number of hydrogen-bond acceptors (Lipinski definition) is 7. The van der Waals surface area contributed by atoms with Crippen LogP contribution in [0.5, 0.6) is 0 Å². The molecule has 36 heavy (non-hydrogen) atoms. The lowest BCUT2D eigenvalue weighted by Crippen LogP contribution is -3.25. The summed E-state index contributed by atoms with van der Waals surface area (Å²) >= 11 is 0. The molecule has 2 fully saturated rings. The van der Waals surface area contributed by atoms with Crippen molar-refractivity contribution in [1.29, 1.82) is 0 Å². The second-order valence-electron chi connectivity index (χ2n) is 10.5. The third-order valence-electron chi connectivity index (χ3n) is 7.40. The molecule has 2 unspecified atom stereocenters. The minimum Gasteiger partial charge on any atom is -0.611 e. The van der Waals surface area contributed by atoms with Crippen LogP contribution in [0.3, 0.4) is 0 Å². The Morgan fingerprint density at radius 2 is 1.94 bits per heavy atom. The third-order valence-corrected chi connectivity index (χ3v) is 7.40. The van der Waals surface area contributed by atoms with Crippen LogP contribution in [0.4, 0.5) is 0 Å². The average molecular weight is 494 g/mol. The second kappa shape index (κ2) is 10.9. The molecule has 2 aliphatic rings. The van der Waals surface area contributed by atoms with Crippen LogP contribution in [0, 0.1) is 5.92 Å². The van der Waals surface area contributed by atoms with Gasteiger partial charge in [0.25, 0.3) is 5.91 Å². The zero-order chi connectivity index (χ0) is 25.9. The van der Waals surface area contributed by atoms with Crippen LogP contribution in [0.15, 0.2) is 48.9 Å². The highest BCUT2D eigenvalue weighted by atomic mass is 16.7. The Morgan fingerprint density at radius 3 is 2.61 bits per heavy atom. The number of rotatable bonds is 10. The van der Waals surface area contributed by atoms with Gasteiger partial charge in [-0.15, -0.1) is 0 Å². The van der Waals surface area contributed by atoms with Crippen molar-refractivity contribution < 1.29 is 28.5 Å². The van der Waals surface area contributed by atoms with Gasteiger partial charge in [-0.25, -0.2) is 9.78 Å². The van der Waals surface area contributed by atoms with Crippen LogP contribution in [0.25, 0.3) is 0 Å². The Hall–Kier alpha value is -3.11. The van der Waals surface area contributed by atoms with E-state index in [2.05, 4.69) is 29.1 Å². The largest absolute Gasteiger partial charge is 0.611 e. The first-order chi connectivity index (χ1) is 17.2. The first-order valence-corrected chi connectivity index (χ1v) is 12.7. The topological polar surface area (TPSA) is 112 Å². The van der Waals surface area contributed by atoms with Gasteiger partial charge < -0.3 is 19.4 Å². The van der Waals surface area contributed by atoms with E-state index in [1.54, 1.807) is 0 Å². The first kappa shape index (κ1) is 26.0. The van der Waals surface area contributed by atoms with Gasteiger partial charge >= 0.3 is 12.7 Å². The number of Topliss-reactive ketones (excluding diaryl/α,β-unsaturated/α-hetero) is 1. The molecule has 1 aromatic heterocycles. The molecule has 2 aliphatic heterocycles. The number of nitrogens with one attached hydrogen (secondary N) is 2. The number of fused-ring (bicyclic) bond motifs is 1. The van der Waals surface area contributed by atoms with Gasteiger partial charge in [-0.3, -0.25) is 14.6 Å². The maximum atomic E-state index is 13.8. The first-order valence-electron chi connectivity index (χ1n) is 12.7. The molecule has 0 aliphatic carbocycles. The Morgan fingerprint density at radius 1 is 1.19 bits per heavy atom. The Kier molecular flexibility index (Phi) is 7.85. The van der Waals surface area contributed by atoms with Crippen LogP contribution < -0.4 is 10.1 Å². The van der Waals surface area contributed by atoms with Crippen molar-refractivity contribution in [2.24, 2.45) is 5.92 Å². The summed E-state index contributed by atoms with van der Waals surface area (Å²) in [6, 6.07) is 8.54. The van der Waals surface area contributed by atoms with Crippen LogP contribution in [0.2, 0.25) is 5.82 Å². The lowest BCUT2D eigenvalue weighted by molar-refractivity contribution is -0.831. The number of aromatic nitrogens is 2. The van der Waals surface area contributed by atoms with Crippen molar-refractivity contribution in [3.8, 4) is 0 Å². The third kappa shape index (κ3) is 5.34. The molecule has 4 rings (SSSR count). The molecule has 0 bridgehead atoms. The highest BCUT2D eigenvalue weighted by molar-refractivity contribution is 6.64. The number of nitrogens with zero attached hydrogens (tertiary/aromatic N) is 2. The summed E-state index contributed by atoms with van der Waals surface area (Å²) in [5.74, 6) is -0.903. The second-order valence-corrected chi connectivity index (χ2v) is 10.5. The van der Waals surface area contributed by atoms with E-state index >= 15 is 0 Å². The molecule has 3 heterocycles. The summed E-state index contributed by atoms with van der Waals surface area (Å²) in [5, 5.41) is 2.88. The fraction of sp³-hybridized carbons (Fsp3) is 0.500. The van der Waals surface area contributed by atoms with Gasteiger partial charge in [0.05, 0.1) is 24.9 Å². The fourth-order valence-electron chi connectivity index (χ4n) is 5.84. The van der Waals surface area contributed by atoms with E-state index in [4.69, 9.17) is 9.31 Å². The molecule has 1 amide bonds. The number of ketones is 1. The van der Waals surface area contributed by atoms with Crippen molar-refractivity contribution in [1.82, 2.24) is 15.3 Å². The Balaban J connectivity index is 1.60. The molecule has 1 aromatic carbocycles. The molecule has 0 saturated carbocycles. The van der Waals surface area contributed by atoms with Gasteiger partial charge in [0, 0.05) is 12.4 Å². The molecule has 0 radical (unpaired) electrons. The van der Waals surface area contributed by atoms with E-state index in [-0.39, 0.29) is 47.7 Å². The maximum absolute atomic E-state index is 13.8. The predicted molar refractivity (Wildman–Crippen MR) is 134 cm³/mol. The number of benzene rings is 1. The SMILES string of the molecule is CC(C)C[C@H](CC(=O)[C@H](Cc1ccccc1)NC(=O)c1cnccn1)[B-]12OC[C@@H](C)[NH+]1[C@@H](C)C(=O)O2. The zero-order valence-corrected chi connectivity index (χ0v) is 21.3. The van der Waals surface area contributed by atoms with Crippen LogP contribution >= 0.6 is 0 Å². The molecular formula is C26H35BN4O5. The number of carbonyl (C=O) groups is 3. The number of hydrogen-bond donors (Lipinski definition) is 2. The van der Waals surface area contributed by atoms with Gasteiger partial charge in [0.1, 0.15) is 11.7 Å². The Bertz CT molecular complexity index is 1090. The minimum absolute atomic E-state index is 0.0905. The van der Waals surface area contributed by atoms with Crippen molar-refractivity contribution in [3.63, 3.8) is 0 Å². The van der Waals surface area contributed by atoms with Crippen LogP contribution in [-0.4, -0.2) is 59.0 Å². The monoisotopic (exact) mass is 494 g/mol. The highest BCUT2D eigenvalue weighted by Crippen LogP contribution is 2.36. The molecule has 2 N–H and O–H groups in total. The van der Waals surface area contributed by atoms with E-state index in [1.165, 1.54) is 18.6 Å². The summed E-state index contributed by atoms with van der Waals surface area (Å²) in [6.07, 6.45) is 5.43. The summed E-state index contributed by atoms with van der Waals surface area (Å²) < 4.78 is 12.2. The number of carbonyl (C=O) groups excluding carboxylic acids is 3. The summed E-state index contributed by atoms with van der Waals surface area (Å²) in [5.41, 5.74) is 1.07. The van der Waals surface area contributed by atoms with Gasteiger partial charge in [0.2, 0.25) is 0 Å². The van der Waals surface area contributed by atoms with Gasteiger partial charge in [-0.1, -0.05) is 50.6 Å².